The van der Waals surface area contributed by atoms with Crippen molar-refractivity contribution in [2.24, 2.45) is 0 Å². The minimum atomic E-state index is 0. The van der Waals surface area contributed by atoms with E-state index < -0.39 is 0 Å². The average molecular weight is 160 g/mol. The molecule has 0 radical (unpaired) electrons. The van der Waals surface area contributed by atoms with Crippen molar-refractivity contribution in [2.75, 3.05) is 0 Å². The molecule has 0 nitrogen and oxygen atoms in total. The van der Waals surface area contributed by atoms with Gasteiger partial charge in [0.15, 0.2) is 0 Å². The summed E-state index contributed by atoms with van der Waals surface area (Å²) in [5.74, 6) is 0. The summed E-state index contributed by atoms with van der Waals surface area (Å²) in [5, 5.41) is 0. The van der Waals surface area contributed by atoms with E-state index in [0.29, 0.717) is 0 Å². The van der Waals surface area contributed by atoms with Crippen molar-refractivity contribution in [2.45, 2.75) is 5.48 Å². The molecule has 4 heavy (non-hydrogen) atoms. The number of hydrogen-bond donors (Lipinski definition) is 0. The van der Waals surface area contributed by atoms with Gasteiger partial charge in [0.25, 0.3) is 0 Å². The summed E-state index contributed by atoms with van der Waals surface area (Å²) in [5.41, 5.74) is 2.19. The molecule has 28 valence electrons. The van der Waals surface area contributed by atoms with Crippen LogP contribution in [0.1, 0.15) is 0 Å². The van der Waals surface area contributed by atoms with Gasteiger partial charge in [-0.05, 0) is 0 Å². The van der Waals surface area contributed by atoms with Crippen molar-refractivity contribution in [3.8, 4) is 0 Å². The van der Waals surface area contributed by atoms with Crippen LogP contribution in [0.15, 0.2) is 0 Å². The van der Waals surface area contributed by atoms with Crippen LogP contribution >= 0.6 is 24.8 Å². The van der Waals surface area contributed by atoms with Crippen LogP contribution in [0.2, 0.25) is 5.48 Å². The Bertz CT molecular complexity index is 6.00. The second kappa shape index (κ2) is 29.5. The fraction of sp³-hybridized carbons (Fsp3) is 1.00. The van der Waals surface area contributed by atoms with Crippen LogP contribution in [-0.2, 0) is 0 Å². The molecule has 0 bridgehead atoms. The van der Waals surface area contributed by atoms with E-state index in [-0.39, 0.29) is 24.8 Å². The molecule has 0 unspecified atom stereocenters. The third-order valence-electron chi connectivity index (χ3n) is 0. The van der Waals surface area contributed by atoms with E-state index in [9.17, 15) is 0 Å². The molecule has 3 heteroatoms. The molecule has 0 aromatic heterocycles. The zero-order valence-electron chi connectivity index (χ0n) is 2.82. The maximum absolute atomic E-state index is 2.19. The standard InChI is InChI=1S/CH3.2ClH.Ga.2H/h1H3;2*1H;;;. The Morgan fingerprint density at radius 3 is 1.00 bits per heavy atom. The second-order valence-electron chi connectivity index (χ2n) is 0. The fourth-order valence-corrected chi connectivity index (χ4v) is 0. The van der Waals surface area contributed by atoms with Crippen LogP contribution < -0.4 is 0 Å². The number of halogens is 2. The molecule has 0 aromatic rings. The Kier molecular flexibility index (Phi) is 139. The van der Waals surface area contributed by atoms with Crippen molar-refractivity contribution >= 4 is 43.4 Å². The molecule has 0 atom stereocenters. The first-order chi connectivity index (χ1) is 1.00. The van der Waals surface area contributed by atoms with E-state index >= 15 is 0 Å². The van der Waals surface area contributed by atoms with Gasteiger partial charge < -0.3 is 0 Å². The molecule has 0 aliphatic rings. The second-order valence-corrected chi connectivity index (χ2v) is 0. The zero-order chi connectivity index (χ0) is 2.00. The summed E-state index contributed by atoms with van der Waals surface area (Å²) in [4.78, 5) is 0. The maximum atomic E-state index is 2.19. The quantitative estimate of drug-likeness (QED) is 0.452. The monoisotopic (exact) mass is 158 g/mol. The summed E-state index contributed by atoms with van der Waals surface area (Å²) in [6.07, 6.45) is 0. The van der Waals surface area contributed by atoms with Gasteiger partial charge in [-0.3, -0.25) is 0 Å². The van der Waals surface area contributed by atoms with Crippen LogP contribution in [0.3, 0.4) is 0 Å². The molecule has 0 amide bonds. The minimum absolute atomic E-state index is 0. The fourth-order valence-electron chi connectivity index (χ4n) is 0. The third kappa shape index (κ3) is 10.7. The summed E-state index contributed by atoms with van der Waals surface area (Å²) < 4.78 is 0. The van der Waals surface area contributed by atoms with E-state index in [0.717, 1.165) is 18.6 Å². The number of hydrogen-bond acceptors (Lipinski definition) is 0. The molecule has 0 N–H and O–H groups in total. The molecular formula is CH7Cl2Ga. The van der Waals surface area contributed by atoms with Crippen LogP contribution in [-0.4, -0.2) is 18.6 Å². The first-order valence-corrected chi connectivity index (χ1v) is 5.20. The van der Waals surface area contributed by atoms with Gasteiger partial charge in [-0.15, -0.1) is 24.8 Å². The topological polar surface area (TPSA) is 0 Å². The predicted octanol–water partition coefficient (Wildman–Crippen LogP) is 0.511. The molecule has 0 rings (SSSR count). The van der Waals surface area contributed by atoms with Crippen LogP contribution in [0.4, 0.5) is 0 Å². The Morgan fingerprint density at radius 1 is 1.00 bits per heavy atom. The summed E-state index contributed by atoms with van der Waals surface area (Å²) >= 11 is 1.06. The van der Waals surface area contributed by atoms with Crippen molar-refractivity contribution in [3.05, 3.63) is 0 Å². The van der Waals surface area contributed by atoms with Gasteiger partial charge in [-0.25, -0.2) is 0 Å². The van der Waals surface area contributed by atoms with Gasteiger partial charge in [0.05, 0.1) is 0 Å². The van der Waals surface area contributed by atoms with E-state index in [1.54, 1.807) is 0 Å². The molecule has 0 aliphatic heterocycles. The van der Waals surface area contributed by atoms with Crippen molar-refractivity contribution in [1.82, 2.24) is 0 Å². The summed E-state index contributed by atoms with van der Waals surface area (Å²) in [6.45, 7) is 0. The van der Waals surface area contributed by atoms with Gasteiger partial charge in [-0.1, -0.05) is 0 Å². The van der Waals surface area contributed by atoms with Gasteiger partial charge in [0, 0.05) is 0 Å². The molecule has 0 heterocycles. The first kappa shape index (κ1) is 18.9. The Hall–Kier alpha value is 1.22. The van der Waals surface area contributed by atoms with Gasteiger partial charge in [0.1, 0.15) is 0 Å². The zero-order valence-corrected chi connectivity index (χ0v) is 8.65. The average Bonchev–Trinajstić information content (AvgIpc) is 1.00. The Labute approximate surface area is 49.1 Å². The van der Waals surface area contributed by atoms with E-state index in [1.807, 2.05) is 0 Å². The van der Waals surface area contributed by atoms with Crippen molar-refractivity contribution in [1.29, 1.82) is 0 Å². The number of rotatable bonds is 0. The van der Waals surface area contributed by atoms with Gasteiger partial charge in [0.2, 0.25) is 0 Å². The van der Waals surface area contributed by atoms with Crippen LogP contribution in [0, 0.1) is 0 Å². The van der Waals surface area contributed by atoms with Gasteiger partial charge >= 0.3 is 24.1 Å². The molecule has 0 spiro atoms. The third-order valence-corrected chi connectivity index (χ3v) is 0. The van der Waals surface area contributed by atoms with Crippen LogP contribution in [0.25, 0.3) is 0 Å². The van der Waals surface area contributed by atoms with Gasteiger partial charge in [-0.2, -0.15) is 0 Å². The molecule has 0 aromatic carbocycles. The normalized spacial score (nSPS) is 1.25. The van der Waals surface area contributed by atoms with E-state index in [4.69, 9.17) is 0 Å². The summed E-state index contributed by atoms with van der Waals surface area (Å²) in [7, 11) is 0. The summed E-state index contributed by atoms with van der Waals surface area (Å²) in [6, 6.07) is 0. The van der Waals surface area contributed by atoms with Crippen molar-refractivity contribution in [3.63, 3.8) is 0 Å². The van der Waals surface area contributed by atoms with E-state index in [1.165, 1.54) is 0 Å². The SMILES string of the molecule is Cl.Cl.[CH3][GaH2]. The van der Waals surface area contributed by atoms with E-state index in [2.05, 4.69) is 5.48 Å². The van der Waals surface area contributed by atoms with Crippen molar-refractivity contribution < 1.29 is 0 Å². The molecule has 0 saturated heterocycles. The molecule has 0 aliphatic carbocycles. The van der Waals surface area contributed by atoms with Crippen LogP contribution in [0.5, 0.6) is 0 Å². The molecule has 0 saturated carbocycles. The molecular weight excluding hydrogens is 153 g/mol. The predicted molar refractivity (Wildman–Crippen MR) is 28.9 cm³/mol. The first-order valence-electron chi connectivity index (χ1n) is 1.00. The molecule has 0 fully saturated rings. The Balaban J connectivity index is -0.00000000500. The Morgan fingerprint density at radius 2 is 1.00 bits per heavy atom.